The first-order valence-electron chi connectivity index (χ1n) is 4.21. The maximum atomic E-state index is 12.7. The fourth-order valence-corrected chi connectivity index (χ4v) is 1.14. The third-order valence-electron chi connectivity index (χ3n) is 1.90. The maximum Gasteiger partial charge on any atom is 0.155 e. The molecule has 1 unspecified atom stereocenters. The molecule has 14 heavy (non-hydrogen) atoms. The van der Waals surface area contributed by atoms with E-state index in [-0.39, 0.29) is 12.2 Å². The Balaban J connectivity index is 2.65. The first-order chi connectivity index (χ1) is 6.63. The van der Waals surface area contributed by atoms with E-state index in [1.54, 1.807) is 18.2 Å². The molecule has 0 saturated carbocycles. The molecule has 0 heterocycles. The fourth-order valence-electron chi connectivity index (χ4n) is 1.14. The minimum Gasteiger partial charge on any atom is -0.376 e. The van der Waals surface area contributed by atoms with Crippen LogP contribution >= 0.6 is 0 Å². The molecular formula is C10H11FN2O. The van der Waals surface area contributed by atoms with Crippen LogP contribution in [0.4, 0.5) is 4.39 Å². The SMILES string of the molecule is N#C[C@@H](O)C(N)Cc1cccc(F)c1. The van der Waals surface area contributed by atoms with Crippen LogP contribution in [0.15, 0.2) is 24.3 Å². The lowest BCUT2D eigenvalue weighted by Crippen LogP contribution is -2.35. The molecule has 0 fully saturated rings. The number of hydrogen-bond donors (Lipinski definition) is 2. The molecule has 0 aliphatic heterocycles. The maximum absolute atomic E-state index is 12.7. The molecule has 74 valence electrons. The highest BCUT2D eigenvalue weighted by molar-refractivity contribution is 5.18. The summed E-state index contributed by atoms with van der Waals surface area (Å²) >= 11 is 0. The number of nitriles is 1. The van der Waals surface area contributed by atoms with E-state index in [1.165, 1.54) is 12.1 Å². The van der Waals surface area contributed by atoms with Gasteiger partial charge in [0.25, 0.3) is 0 Å². The molecular weight excluding hydrogens is 183 g/mol. The molecule has 0 radical (unpaired) electrons. The molecule has 0 spiro atoms. The van der Waals surface area contributed by atoms with Gasteiger partial charge in [-0.2, -0.15) is 5.26 Å². The van der Waals surface area contributed by atoms with Gasteiger partial charge in [-0.15, -0.1) is 0 Å². The smallest absolute Gasteiger partial charge is 0.155 e. The van der Waals surface area contributed by atoms with Gasteiger partial charge in [-0.3, -0.25) is 0 Å². The predicted octanol–water partition coefficient (Wildman–Crippen LogP) is 0.580. The van der Waals surface area contributed by atoms with E-state index in [1.807, 2.05) is 0 Å². The molecule has 0 saturated heterocycles. The van der Waals surface area contributed by atoms with E-state index in [9.17, 15) is 4.39 Å². The summed E-state index contributed by atoms with van der Waals surface area (Å²) in [4.78, 5) is 0. The monoisotopic (exact) mass is 194 g/mol. The molecule has 1 rings (SSSR count). The summed E-state index contributed by atoms with van der Waals surface area (Å²) < 4.78 is 12.7. The Kier molecular flexibility index (Phi) is 3.57. The van der Waals surface area contributed by atoms with E-state index >= 15 is 0 Å². The zero-order valence-electron chi connectivity index (χ0n) is 7.52. The van der Waals surface area contributed by atoms with E-state index in [0.717, 1.165) is 0 Å². The van der Waals surface area contributed by atoms with Gasteiger partial charge in [0.05, 0.1) is 6.07 Å². The van der Waals surface area contributed by atoms with Gasteiger partial charge in [0.15, 0.2) is 6.10 Å². The van der Waals surface area contributed by atoms with Crippen LogP contribution in [0.5, 0.6) is 0 Å². The largest absolute Gasteiger partial charge is 0.376 e. The van der Waals surface area contributed by atoms with Crippen molar-refractivity contribution in [1.29, 1.82) is 5.26 Å². The molecule has 1 aromatic carbocycles. The highest BCUT2D eigenvalue weighted by Crippen LogP contribution is 2.07. The second-order valence-electron chi connectivity index (χ2n) is 3.07. The molecule has 1 aromatic rings. The standard InChI is InChI=1S/C10H11FN2O/c11-8-3-1-2-7(4-8)5-9(13)10(14)6-12/h1-4,9-10,14H,5,13H2/t9?,10-/m1/s1. The summed E-state index contributed by atoms with van der Waals surface area (Å²) in [6.07, 6.45) is -0.926. The van der Waals surface area contributed by atoms with Gasteiger partial charge >= 0.3 is 0 Å². The van der Waals surface area contributed by atoms with Crippen molar-refractivity contribution in [2.75, 3.05) is 0 Å². The lowest BCUT2D eigenvalue weighted by Gasteiger charge is -2.12. The van der Waals surface area contributed by atoms with Crippen molar-refractivity contribution in [3.05, 3.63) is 35.6 Å². The second kappa shape index (κ2) is 4.70. The average molecular weight is 194 g/mol. The lowest BCUT2D eigenvalue weighted by molar-refractivity contribution is 0.197. The quantitative estimate of drug-likeness (QED) is 0.691. The molecule has 3 nitrogen and oxygen atoms in total. The number of benzene rings is 1. The Morgan fingerprint density at radius 3 is 2.86 bits per heavy atom. The fraction of sp³-hybridized carbons (Fsp3) is 0.300. The summed E-state index contributed by atoms with van der Waals surface area (Å²) in [6.45, 7) is 0. The normalized spacial score (nSPS) is 14.4. The van der Waals surface area contributed by atoms with Crippen molar-refractivity contribution in [1.82, 2.24) is 0 Å². The Morgan fingerprint density at radius 2 is 2.29 bits per heavy atom. The van der Waals surface area contributed by atoms with Crippen LogP contribution in [0, 0.1) is 17.1 Å². The second-order valence-corrected chi connectivity index (χ2v) is 3.07. The highest BCUT2D eigenvalue weighted by atomic mass is 19.1. The number of aliphatic hydroxyl groups is 1. The van der Waals surface area contributed by atoms with Crippen LogP contribution in [0.1, 0.15) is 5.56 Å². The number of hydrogen-bond acceptors (Lipinski definition) is 3. The zero-order chi connectivity index (χ0) is 10.6. The minimum atomic E-state index is -1.21. The number of aliphatic hydroxyl groups excluding tert-OH is 1. The minimum absolute atomic E-state index is 0.284. The van der Waals surface area contributed by atoms with Crippen molar-refractivity contribution in [2.45, 2.75) is 18.6 Å². The highest BCUT2D eigenvalue weighted by Gasteiger charge is 2.14. The Morgan fingerprint density at radius 1 is 1.57 bits per heavy atom. The van der Waals surface area contributed by atoms with Crippen LogP contribution in [-0.4, -0.2) is 17.3 Å². The molecule has 0 aromatic heterocycles. The van der Waals surface area contributed by atoms with E-state index in [0.29, 0.717) is 5.56 Å². The molecule has 0 aliphatic carbocycles. The predicted molar refractivity (Wildman–Crippen MR) is 49.7 cm³/mol. The van der Waals surface area contributed by atoms with Crippen LogP contribution < -0.4 is 5.73 Å². The van der Waals surface area contributed by atoms with Crippen molar-refractivity contribution < 1.29 is 9.50 Å². The molecule has 0 bridgehead atoms. The van der Waals surface area contributed by atoms with Crippen molar-refractivity contribution >= 4 is 0 Å². The van der Waals surface area contributed by atoms with Gasteiger partial charge in [0.1, 0.15) is 5.82 Å². The summed E-state index contributed by atoms with van der Waals surface area (Å²) in [7, 11) is 0. The van der Waals surface area contributed by atoms with E-state index in [4.69, 9.17) is 16.1 Å². The third kappa shape index (κ3) is 2.80. The number of nitrogens with zero attached hydrogens (tertiary/aromatic N) is 1. The summed E-state index contributed by atoms with van der Waals surface area (Å²) in [5.74, 6) is -0.346. The van der Waals surface area contributed by atoms with Crippen LogP contribution in [0.2, 0.25) is 0 Å². The van der Waals surface area contributed by atoms with E-state index < -0.39 is 12.1 Å². The Bertz CT molecular complexity index is 348. The summed E-state index contributed by atoms with van der Waals surface area (Å²) in [5.41, 5.74) is 6.19. The third-order valence-corrected chi connectivity index (χ3v) is 1.90. The molecule has 3 N–H and O–H groups in total. The average Bonchev–Trinajstić information content (AvgIpc) is 2.16. The van der Waals surface area contributed by atoms with Gasteiger partial charge in [-0.1, -0.05) is 12.1 Å². The van der Waals surface area contributed by atoms with Gasteiger partial charge in [-0.05, 0) is 24.1 Å². The lowest BCUT2D eigenvalue weighted by atomic mass is 10.0. The zero-order valence-corrected chi connectivity index (χ0v) is 7.52. The van der Waals surface area contributed by atoms with Crippen molar-refractivity contribution in [3.8, 4) is 6.07 Å². The number of nitrogens with two attached hydrogens (primary N) is 1. The van der Waals surface area contributed by atoms with Gasteiger partial charge in [0.2, 0.25) is 0 Å². The Labute approximate surface area is 81.6 Å². The Hall–Kier alpha value is -1.44. The number of rotatable bonds is 3. The van der Waals surface area contributed by atoms with E-state index in [2.05, 4.69) is 0 Å². The molecule has 0 aliphatic rings. The first kappa shape index (κ1) is 10.6. The topological polar surface area (TPSA) is 70.0 Å². The van der Waals surface area contributed by atoms with Gasteiger partial charge < -0.3 is 10.8 Å². The van der Waals surface area contributed by atoms with Crippen LogP contribution in [-0.2, 0) is 6.42 Å². The van der Waals surface area contributed by atoms with Crippen molar-refractivity contribution in [3.63, 3.8) is 0 Å². The molecule has 2 atom stereocenters. The molecule has 4 heteroatoms. The first-order valence-corrected chi connectivity index (χ1v) is 4.21. The van der Waals surface area contributed by atoms with Crippen LogP contribution in [0.25, 0.3) is 0 Å². The van der Waals surface area contributed by atoms with Gasteiger partial charge in [-0.25, -0.2) is 4.39 Å². The summed E-state index contributed by atoms with van der Waals surface area (Å²) in [6, 6.07) is 6.89. The van der Waals surface area contributed by atoms with Crippen LogP contribution in [0.3, 0.4) is 0 Å². The van der Waals surface area contributed by atoms with Gasteiger partial charge in [0, 0.05) is 6.04 Å². The molecule has 0 amide bonds. The van der Waals surface area contributed by atoms with Crippen molar-refractivity contribution in [2.24, 2.45) is 5.73 Å². The summed E-state index contributed by atoms with van der Waals surface area (Å²) in [5, 5.41) is 17.5. The number of halogens is 1.